The summed E-state index contributed by atoms with van der Waals surface area (Å²) in [5.74, 6) is -0.951. The molecular formula is C9H16O5S. The second kappa shape index (κ2) is 6.58. The monoisotopic (exact) mass is 236 g/mol. The summed E-state index contributed by atoms with van der Waals surface area (Å²) in [6, 6.07) is 0. The van der Waals surface area contributed by atoms with Gasteiger partial charge in [0.05, 0.1) is 13.2 Å². The molecule has 0 unspecified atom stereocenters. The first-order chi connectivity index (χ1) is 6.95. The normalized spacial score (nSPS) is 11.1. The lowest BCUT2D eigenvalue weighted by atomic mass is 10.5. The molecule has 88 valence electrons. The highest BCUT2D eigenvalue weighted by Gasteiger charge is 2.24. The third-order valence-corrected chi connectivity index (χ3v) is 2.66. The Labute approximate surface area is 90.2 Å². The van der Waals surface area contributed by atoms with Crippen LogP contribution in [0.15, 0.2) is 11.5 Å². The molecule has 0 saturated carbocycles. The number of hydrogen-bond donors (Lipinski definition) is 0. The first-order valence-electron chi connectivity index (χ1n) is 4.71. The molecule has 0 heterocycles. The lowest BCUT2D eigenvalue weighted by molar-refractivity contribution is -0.138. The van der Waals surface area contributed by atoms with Crippen LogP contribution in [0.25, 0.3) is 0 Å². The fourth-order valence-electron chi connectivity index (χ4n) is 0.641. The maximum atomic E-state index is 11.3. The van der Waals surface area contributed by atoms with Crippen molar-refractivity contribution >= 4 is 16.1 Å². The summed E-state index contributed by atoms with van der Waals surface area (Å²) in [5, 5.41) is 0. The molecule has 0 fully saturated rings. The van der Waals surface area contributed by atoms with E-state index in [-0.39, 0.29) is 13.2 Å². The summed E-state index contributed by atoms with van der Waals surface area (Å²) in [7, 11) is -4.02. The molecule has 5 nitrogen and oxygen atoms in total. The summed E-state index contributed by atoms with van der Waals surface area (Å²) in [6.07, 6.45) is 1.16. The fourth-order valence-corrected chi connectivity index (χ4v) is 1.43. The number of ether oxygens (including phenoxy) is 1. The molecule has 0 aliphatic heterocycles. The SMILES string of the molecule is C=C(C(=O)OCCC)S(=O)(=O)OCCC. The fraction of sp³-hybridized carbons (Fsp3) is 0.667. The molecule has 0 spiro atoms. The van der Waals surface area contributed by atoms with Gasteiger partial charge in [-0.05, 0) is 12.8 Å². The second-order valence-corrected chi connectivity index (χ2v) is 4.47. The summed E-state index contributed by atoms with van der Waals surface area (Å²) < 4.78 is 31.7. The van der Waals surface area contributed by atoms with Gasteiger partial charge in [0.1, 0.15) is 0 Å². The molecule has 0 atom stereocenters. The Morgan fingerprint density at radius 3 is 2.20 bits per heavy atom. The molecule has 0 saturated heterocycles. The van der Waals surface area contributed by atoms with E-state index in [0.717, 1.165) is 0 Å². The highest BCUT2D eigenvalue weighted by Crippen LogP contribution is 2.09. The molecular weight excluding hydrogens is 220 g/mol. The first-order valence-corrected chi connectivity index (χ1v) is 6.12. The summed E-state index contributed by atoms with van der Waals surface area (Å²) in [6.45, 7) is 6.90. The molecule has 0 aliphatic rings. The molecule has 0 bridgehead atoms. The van der Waals surface area contributed by atoms with Crippen LogP contribution in [0.3, 0.4) is 0 Å². The van der Waals surface area contributed by atoms with Crippen molar-refractivity contribution in [2.24, 2.45) is 0 Å². The highest BCUT2D eigenvalue weighted by atomic mass is 32.2. The van der Waals surface area contributed by atoms with E-state index in [9.17, 15) is 13.2 Å². The quantitative estimate of drug-likeness (QED) is 0.377. The van der Waals surface area contributed by atoms with E-state index < -0.39 is 21.0 Å². The van der Waals surface area contributed by atoms with Crippen molar-refractivity contribution in [3.05, 3.63) is 11.5 Å². The molecule has 0 aromatic carbocycles. The Morgan fingerprint density at radius 1 is 1.20 bits per heavy atom. The Hall–Kier alpha value is -0.880. The van der Waals surface area contributed by atoms with E-state index in [4.69, 9.17) is 0 Å². The van der Waals surface area contributed by atoms with Gasteiger partial charge in [0.2, 0.25) is 0 Å². The maximum absolute atomic E-state index is 11.3. The zero-order valence-electron chi connectivity index (χ0n) is 8.99. The zero-order chi connectivity index (χ0) is 11.9. The minimum absolute atomic E-state index is 0.0302. The van der Waals surface area contributed by atoms with Crippen LogP contribution in [0.4, 0.5) is 0 Å². The Kier molecular flexibility index (Phi) is 6.19. The average Bonchev–Trinajstić information content (AvgIpc) is 2.21. The summed E-state index contributed by atoms with van der Waals surface area (Å²) in [4.78, 5) is 10.5. The molecule has 0 aromatic rings. The lowest BCUT2D eigenvalue weighted by Crippen LogP contribution is -2.18. The van der Waals surface area contributed by atoms with Gasteiger partial charge < -0.3 is 4.74 Å². The topological polar surface area (TPSA) is 69.7 Å². The van der Waals surface area contributed by atoms with Crippen molar-refractivity contribution in [1.82, 2.24) is 0 Å². The second-order valence-electron chi connectivity index (χ2n) is 2.84. The Bertz CT molecular complexity index is 317. The van der Waals surface area contributed by atoms with Crippen LogP contribution < -0.4 is 0 Å². The summed E-state index contributed by atoms with van der Waals surface area (Å²) >= 11 is 0. The number of carbonyl (C=O) groups excluding carboxylic acids is 1. The largest absolute Gasteiger partial charge is 0.462 e. The highest BCUT2D eigenvalue weighted by molar-refractivity contribution is 7.91. The molecule has 6 heteroatoms. The van der Waals surface area contributed by atoms with E-state index in [2.05, 4.69) is 15.5 Å². The average molecular weight is 236 g/mol. The summed E-state index contributed by atoms with van der Waals surface area (Å²) in [5.41, 5.74) is 0. The Morgan fingerprint density at radius 2 is 1.73 bits per heavy atom. The van der Waals surface area contributed by atoms with Gasteiger partial charge in [0, 0.05) is 0 Å². The third kappa shape index (κ3) is 4.94. The van der Waals surface area contributed by atoms with Crippen LogP contribution in [0.2, 0.25) is 0 Å². The van der Waals surface area contributed by atoms with Crippen molar-refractivity contribution in [1.29, 1.82) is 0 Å². The van der Waals surface area contributed by atoms with Gasteiger partial charge in [-0.2, -0.15) is 8.42 Å². The molecule has 15 heavy (non-hydrogen) atoms. The third-order valence-electron chi connectivity index (χ3n) is 1.41. The van der Waals surface area contributed by atoms with Crippen LogP contribution in [0, 0.1) is 0 Å². The zero-order valence-corrected chi connectivity index (χ0v) is 9.80. The van der Waals surface area contributed by atoms with E-state index in [0.29, 0.717) is 12.8 Å². The van der Waals surface area contributed by atoms with Crippen LogP contribution in [-0.2, 0) is 23.8 Å². The van der Waals surface area contributed by atoms with Gasteiger partial charge in [0.15, 0.2) is 4.91 Å². The van der Waals surface area contributed by atoms with Crippen molar-refractivity contribution in [2.75, 3.05) is 13.2 Å². The van der Waals surface area contributed by atoms with Crippen LogP contribution in [0.5, 0.6) is 0 Å². The van der Waals surface area contributed by atoms with Gasteiger partial charge in [-0.1, -0.05) is 20.4 Å². The van der Waals surface area contributed by atoms with E-state index >= 15 is 0 Å². The van der Waals surface area contributed by atoms with Gasteiger partial charge in [-0.25, -0.2) is 4.79 Å². The predicted molar refractivity (Wildman–Crippen MR) is 55.6 cm³/mol. The molecule has 0 aliphatic carbocycles. The molecule has 0 N–H and O–H groups in total. The van der Waals surface area contributed by atoms with Crippen LogP contribution in [0.1, 0.15) is 26.7 Å². The maximum Gasteiger partial charge on any atom is 0.351 e. The van der Waals surface area contributed by atoms with Gasteiger partial charge in [-0.3, -0.25) is 4.18 Å². The van der Waals surface area contributed by atoms with E-state index in [1.54, 1.807) is 13.8 Å². The number of hydrogen-bond acceptors (Lipinski definition) is 5. The molecule has 0 aromatic heterocycles. The first kappa shape index (κ1) is 14.1. The Balaban J connectivity index is 4.36. The minimum atomic E-state index is -4.02. The van der Waals surface area contributed by atoms with Gasteiger partial charge in [0.25, 0.3) is 0 Å². The van der Waals surface area contributed by atoms with Crippen LogP contribution >= 0.6 is 0 Å². The molecule has 0 amide bonds. The number of rotatable bonds is 7. The lowest BCUT2D eigenvalue weighted by Gasteiger charge is -2.06. The van der Waals surface area contributed by atoms with Crippen molar-refractivity contribution < 1.29 is 22.1 Å². The van der Waals surface area contributed by atoms with Crippen molar-refractivity contribution in [2.45, 2.75) is 26.7 Å². The van der Waals surface area contributed by atoms with E-state index in [1.165, 1.54) is 0 Å². The van der Waals surface area contributed by atoms with Crippen molar-refractivity contribution in [3.8, 4) is 0 Å². The smallest absolute Gasteiger partial charge is 0.351 e. The standard InChI is InChI=1S/C9H16O5S/c1-4-6-13-9(10)8(3)15(11,12)14-7-5-2/h3-7H2,1-2H3. The van der Waals surface area contributed by atoms with Gasteiger partial charge in [-0.15, -0.1) is 0 Å². The number of carbonyl (C=O) groups is 1. The minimum Gasteiger partial charge on any atom is -0.462 e. The van der Waals surface area contributed by atoms with Crippen LogP contribution in [-0.4, -0.2) is 27.6 Å². The van der Waals surface area contributed by atoms with Crippen molar-refractivity contribution in [3.63, 3.8) is 0 Å². The number of esters is 1. The van der Waals surface area contributed by atoms with E-state index in [1.807, 2.05) is 0 Å². The van der Waals surface area contributed by atoms with Gasteiger partial charge >= 0.3 is 16.1 Å². The predicted octanol–water partition coefficient (Wildman–Crippen LogP) is 1.21. The molecule has 0 radical (unpaired) electrons. The molecule has 0 rings (SSSR count).